The number of esters is 1. The minimum atomic E-state index is -0.620. The van der Waals surface area contributed by atoms with Crippen LogP contribution in [0.25, 0.3) is 0 Å². The van der Waals surface area contributed by atoms with Gasteiger partial charge in [0.05, 0.1) is 18.4 Å². The van der Waals surface area contributed by atoms with E-state index in [1.165, 1.54) is 25.7 Å². The maximum Gasteiger partial charge on any atom is 0.339 e. The molecule has 1 aliphatic carbocycles. The van der Waals surface area contributed by atoms with Crippen LogP contribution in [-0.4, -0.2) is 42.9 Å². The Morgan fingerprint density at radius 1 is 1.15 bits per heavy atom. The highest BCUT2D eigenvalue weighted by molar-refractivity contribution is 6.52. The van der Waals surface area contributed by atoms with Crippen LogP contribution < -0.4 is 4.90 Å². The summed E-state index contributed by atoms with van der Waals surface area (Å²) in [7, 11) is 3.05. The molecule has 0 spiro atoms. The molecule has 3 rings (SSSR count). The van der Waals surface area contributed by atoms with E-state index < -0.39 is 17.8 Å². The third-order valence-corrected chi connectivity index (χ3v) is 5.37. The number of para-hydroxylation sites is 1. The molecule has 0 atom stereocenters. The van der Waals surface area contributed by atoms with Gasteiger partial charge in [0.2, 0.25) is 0 Å². The number of carbonyl (C=O) groups excluding carboxylic acids is 3. The summed E-state index contributed by atoms with van der Waals surface area (Å²) < 4.78 is 4.76. The lowest BCUT2D eigenvalue weighted by molar-refractivity contribution is -0.121. The van der Waals surface area contributed by atoms with Crippen molar-refractivity contribution in [2.24, 2.45) is 0 Å². The van der Waals surface area contributed by atoms with Crippen molar-refractivity contribution < 1.29 is 19.1 Å². The Morgan fingerprint density at radius 2 is 1.81 bits per heavy atom. The van der Waals surface area contributed by atoms with Crippen LogP contribution in [0.5, 0.6) is 0 Å². The molecule has 2 amide bonds. The number of amides is 2. The number of benzene rings is 1. The van der Waals surface area contributed by atoms with Crippen LogP contribution in [0.15, 0.2) is 35.0 Å². The Morgan fingerprint density at radius 3 is 2.46 bits per heavy atom. The molecule has 2 aliphatic rings. The summed E-state index contributed by atoms with van der Waals surface area (Å²) >= 11 is 6.26. The first-order valence-electron chi connectivity index (χ1n) is 8.66. The Bertz CT molecular complexity index is 783. The molecule has 0 N–H and O–H groups in total. The summed E-state index contributed by atoms with van der Waals surface area (Å²) in [5.74, 6) is -1.75. The number of hydrogen-bond acceptors (Lipinski definition) is 5. The molecule has 0 bridgehead atoms. The predicted molar refractivity (Wildman–Crippen MR) is 97.8 cm³/mol. The average Bonchev–Trinajstić information content (AvgIpc) is 2.90. The number of carbonyl (C=O) groups is 3. The molecule has 1 aromatic rings. The van der Waals surface area contributed by atoms with Gasteiger partial charge >= 0.3 is 5.97 Å². The number of anilines is 1. The van der Waals surface area contributed by atoms with Crippen molar-refractivity contribution in [2.45, 2.75) is 38.1 Å². The number of nitrogens with zero attached hydrogens (tertiary/aromatic N) is 2. The normalized spacial score (nSPS) is 18.5. The molecule has 0 aromatic heterocycles. The van der Waals surface area contributed by atoms with Crippen LogP contribution in [0.3, 0.4) is 0 Å². The van der Waals surface area contributed by atoms with Crippen LogP contribution in [0.1, 0.15) is 42.5 Å². The van der Waals surface area contributed by atoms with Crippen LogP contribution in [-0.2, 0) is 14.3 Å². The largest absolute Gasteiger partial charge is 0.465 e. The molecule has 1 heterocycles. The summed E-state index contributed by atoms with van der Waals surface area (Å²) in [5, 5.41) is -0.109. The van der Waals surface area contributed by atoms with E-state index in [1.807, 2.05) is 4.90 Å². The van der Waals surface area contributed by atoms with Crippen molar-refractivity contribution in [3.63, 3.8) is 0 Å². The molecule has 1 aromatic carbocycles. The van der Waals surface area contributed by atoms with Gasteiger partial charge in [-0.2, -0.15) is 0 Å². The fourth-order valence-corrected chi connectivity index (χ4v) is 3.92. The lowest BCUT2D eigenvalue weighted by Gasteiger charge is -2.33. The molecular weight excluding hydrogens is 356 g/mol. The van der Waals surface area contributed by atoms with Crippen molar-refractivity contribution in [2.75, 3.05) is 19.1 Å². The summed E-state index contributed by atoms with van der Waals surface area (Å²) in [6, 6.07) is 6.53. The van der Waals surface area contributed by atoms with E-state index in [1.54, 1.807) is 19.2 Å². The topological polar surface area (TPSA) is 66.9 Å². The second-order valence-electron chi connectivity index (χ2n) is 6.52. The maximum atomic E-state index is 13.0. The highest BCUT2D eigenvalue weighted by Gasteiger charge is 2.43. The molecule has 7 heteroatoms. The van der Waals surface area contributed by atoms with Gasteiger partial charge in [-0.1, -0.05) is 43.0 Å². The second kappa shape index (κ2) is 7.50. The molecule has 1 fully saturated rings. The maximum absolute atomic E-state index is 13.0. The van der Waals surface area contributed by atoms with E-state index in [9.17, 15) is 14.4 Å². The summed E-state index contributed by atoms with van der Waals surface area (Å²) in [4.78, 5) is 40.6. The number of halogens is 1. The molecule has 1 saturated carbocycles. The number of methoxy groups -OCH3 is 1. The van der Waals surface area contributed by atoms with Crippen LogP contribution in [0.4, 0.5) is 5.69 Å². The minimum absolute atomic E-state index is 0.109. The second-order valence-corrected chi connectivity index (χ2v) is 6.90. The lowest BCUT2D eigenvalue weighted by atomic mass is 9.94. The summed E-state index contributed by atoms with van der Waals surface area (Å²) in [5.41, 5.74) is 0.519. The van der Waals surface area contributed by atoms with Gasteiger partial charge in [0.15, 0.2) is 0 Å². The molecule has 0 radical (unpaired) electrons. The predicted octanol–water partition coefficient (Wildman–Crippen LogP) is 3.06. The number of rotatable bonds is 4. The smallest absolute Gasteiger partial charge is 0.339 e. The van der Waals surface area contributed by atoms with E-state index in [0.717, 1.165) is 30.6 Å². The number of imide groups is 1. The van der Waals surface area contributed by atoms with Crippen LogP contribution in [0, 0.1) is 0 Å². The van der Waals surface area contributed by atoms with E-state index in [-0.39, 0.29) is 28.0 Å². The molecule has 0 saturated heterocycles. The molecule has 0 unspecified atom stereocenters. The van der Waals surface area contributed by atoms with E-state index in [0.29, 0.717) is 0 Å². The van der Waals surface area contributed by atoms with Gasteiger partial charge in [-0.3, -0.25) is 9.59 Å². The van der Waals surface area contributed by atoms with Gasteiger partial charge in [0.1, 0.15) is 10.7 Å². The van der Waals surface area contributed by atoms with E-state index in [2.05, 4.69) is 0 Å². The zero-order valence-electron chi connectivity index (χ0n) is 14.8. The quantitative estimate of drug-likeness (QED) is 0.596. The van der Waals surface area contributed by atoms with Crippen LogP contribution in [0.2, 0.25) is 0 Å². The van der Waals surface area contributed by atoms with E-state index in [4.69, 9.17) is 16.3 Å². The fraction of sp³-hybridized carbons (Fsp3) is 0.421. The van der Waals surface area contributed by atoms with Crippen molar-refractivity contribution in [3.05, 3.63) is 40.6 Å². The highest BCUT2D eigenvalue weighted by atomic mass is 35.5. The molecule has 6 nitrogen and oxygen atoms in total. The zero-order chi connectivity index (χ0) is 18.8. The first-order valence-corrected chi connectivity index (χ1v) is 9.04. The van der Waals surface area contributed by atoms with Gasteiger partial charge in [0, 0.05) is 13.1 Å². The van der Waals surface area contributed by atoms with E-state index >= 15 is 0 Å². The van der Waals surface area contributed by atoms with Crippen LogP contribution >= 0.6 is 11.6 Å². The first kappa shape index (κ1) is 18.5. The number of hydrogen-bond donors (Lipinski definition) is 0. The van der Waals surface area contributed by atoms with Gasteiger partial charge < -0.3 is 9.64 Å². The monoisotopic (exact) mass is 376 g/mol. The summed E-state index contributed by atoms with van der Waals surface area (Å²) in [6.07, 6.45) is 5.30. The molecule has 1 aliphatic heterocycles. The van der Waals surface area contributed by atoms with Crippen molar-refractivity contribution in [1.82, 2.24) is 4.90 Å². The number of ether oxygens (including phenoxy) is 1. The number of likely N-dealkylation sites (N-methyl/N-ethyl adjacent to an activating group) is 1. The van der Waals surface area contributed by atoms with Gasteiger partial charge in [-0.05, 0) is 25.0 Å². The Kier molecular flexibility index (Phi) is 5.32. The summed E-state index contributed by atoms with van der Waals surface area (Å²) in [6.45, 7) is 0. The Hall–Kier alpha value is -2.34. The van der Waals surface area contributed by atoms with Gasteiger partial charge in [-0.25, -0.2) is 9.69 Å². The van der Waals surface area contributed by atoms with Gasteiger partial charge in [0.25, 0.3) is 11.8 Å². The first-order chi connectivity index (χ1) is 12.5. The standard InChI is InChI=1S/C19H21ClN2O4/c1-21(12-8-4-3-5-9-12)16-15(20)17(23)22(18(16)24)14-11-7-6-10-13(14)19(25)26-2/h6-7,10-12H,3-5,8-9H2,1-2H3. The third-order valence-electron chi connectivity index (χ3n) is 5.03. The van der Waals surface area contributed by atoms with Crippen molar-refractivity contribution in [3.8, 4) is 0 Å². The molecule has 138 valence electrons. The van der Waals surface area contributed by atoms with Crippen molar-refractivity contribution >= 4 is 35.1 Å². The lowest BCUT2D eigenvalue weighted by Crippen LogP contribution is -2.39. The van der Waals surface area contributed by atoms with Gasteiger partial charge in [-0.15, -0.1) is 0 Å². The SMILES string of the molecule is COC(=O)c1ccccc1N1C(=O)C(Cl)=C(N(C)C2CCCCC2)C1=O. The third kappa shape index (κ3) is 3.09. The Balaban J connectivity index is 1.95. The van der Waals surface area contributed by atoms with Crippen molar-refractivity contribution in [1.29, 1.82) is 0 Å². The molecular formula is C19H21ClN2O4. The minimum Gasteiger partial charge on any atom is -0.465 e. The fourth-order valence-electron chi connectivity index (χ4n) is 3.62. The zero-order valence-corrected chi connectivity index (χ0v) is 15.6. The average molecular weight is 377 g/mol. The Labute approximate surface area is 157 Å². The molecule has 26 heavy (non-hydrogen) atoms. The highest BCUT2D eigenvalue weighted by Crippen LogP contribution is 2.35.